The Bertz CT molecular complexity index is 355. The lowest BCUT2D eigenvalue weighted by molar-refractivity contribution is -0.128. The van der Waals surface area contributed by atoms with Crippen LogP contribution >= 0.6 is 11.3 Å². The molecule has 1 fully saturated rings. The summed E-state index contributed by atoms with van der Waals surface area (Å²) in [5.74, 6) is 5.27. The van der Waals surface area contributed by atoms with Gasteiger partial charge in [0, 0.05) is 4.88 Å². The molecule has 0 spiro atoms. The molecule has 0 bridgehead atoms. The summed E-state index contributed by atoms with van der Waals surface area (Å²) in [7, 11) is 2.08. The molecule has 2 rings (SSSR count). The van der Waals surface area contributed by atoms with Crippen LogP contribution in [-0.2, 0) is 10.2 Å². The molecule has 1 aromatic heterocycles. The van der Waals surface area contributed by atoms with Gasteiger partial charge < -0.3 is 4.90 Å². The number of carbonyl (C=O) groups is 1. The molecule has 0 radical (unpaired) electrons. The van der Waals surface area contributed by atoms with Crippen LogP contribution in [0.25, 0.3) is 0 Å². The highest BCUT2D eigenvalue weighted by Crippen LogP contribution is 2.37. The number of nitrogens with one attached hydrogen (secondary N) is 1. The highest BCUT2D eigenvalue weighted by atomic mass is 32.1. The van der Waals surface area contributed by atoms with E-state index in [2.05, 4.69) is 17.4 Å². The lowest BCUT2D eigenvalue weighted by Crippen LogP contribution is -2.52. The van der Waals surface area contributed by atoms with Gasteiger partial charge in [0.25, 0.3) is 0 Å². The van der Waals surface area contributed by atoms with Crippen LogP contribution < -0.4 is 11.3 Å². The zero-order valence-corrected chi connectivity index (χ0v) is 10.2. The van der Waals surface area contributed by atoms with Crippen molar-refractivity contribution in [2.24, 2.45) is 5.84 Å². The van der Waals surface area contributed by atoms with Crippen LogP contribution in [0.2, 0.25) is 0 Å². The smallest absolute Gasteiger partial charge is 0.245 e. The Morgan fingerprint density at radius 3 is 2.75 bits per heavy atom. The van der Waals surface area contributed by atoms with Crippen molar-refractivity contribution in [2.75, 3.05) is 20.1 Å². The van der Waals surface area contributed by atoms with Gasteiger partial charge in [-0.15, -0.1) is 11.3 Å². The molecule has 0 aromatic carbocycles. The number of nitrogens with two attached hydrogens (primary N) is 1. The molecule has 0 saturated carbocycles. The second-order valence-electron chi connectivity index (χ2n) is 4.34. The highest BCUT2D eigenvalue weighted by Gasteiger charge is 2.42. The van der Waals surface area contributed by atoms with Crippen molar-refractivity contribution in [3.8, 4) is 0 Å². The van der Waals surface area contributed by atoms with Crippen LogP contribution in [-0.4, -0.2) is 30.9 Å². The molecule has 0 atom stereocenters. The summed E-state index contributed by atoms with van der Waals surface area (Å²) in [6, 6.07) is 4.02. The molecule has 3 N–H and O–H groups in total. The first kappa shape index (κ1) is 11.6. The topological polar surface area (TPSA) is 58.4 Å². The van der Waals surface area contributed by atoms with E-state index in [1.807, 2.05) is 17.5 Å². The summed E-state index contributed by atoms with van der Waals surface area (Å²) in [4.78, 5) is 15.4. The lowest BCUT2D eigenvalue weighted by Gasteiger charge is -2.38. The molecule has 5 heteroatoms. The maximum Gasteiger partial charge on any atom is 0.245 e. The summed E-state index contributed by atoms with van der Waals surface area (Å²) in [5, 5.41) is 2.01. The van der Waals surface area contributed by atoms with E-state index in [4.69, 9.17) is 5.84 Å². The average Bonchev–Trinajstić information content (AvgIpc) is 2.83. The normalized spacial score (nSPS) is 20.6. The van der Waals surface area contributed by atoms with Crippen molar-refractivity contribution < 1.29 is 4.79 Å². The van der Waals surface area contributed by atoms with E-state index < -0.39 is 5.41 Å². The van der Waals surface area contributed by atoms with Gasteiger partial charge in [-0.3, -0.25) is 10.2 Å². The molecule has 0 unspecified atom stereocenters. The molecule has 1 amide bonds. The van der Waals surface area contributed by atoms with Gasteiger partial charge >= 0.3 is 0 Å². The lowest BCUT2D eigenvalue weighted by atomic mass is 9.76. The standard InChI is InChI=1S/C11H17N3OS/c1-14-6-4-11(5-7-14,10(15)13-12)9-3-2-8-16-9/h2-3,8H,4-7,12H2,1H3,(H,13,15). The van der Waals surface area contributed by atoms with E-state index in [-0.39, 0.29) is 5.91 Å². The number of piperidine rings is 1. The summed E-state index contributed by atoms with van der Waals surface area (Å²) in [6.45, 7) is 1.87. The predicted octanol–water partition coefficient (Wildman–Crippen LogP) is 0.701. The van der Waals surface area contributed by atoms with E-state index in [1.165, 1.54) is 0 Å². The second-order valence-corrected chi connectivity index (χ2v) is 5.28. The van der Waals surface area contributed by atoms with E-state index in [9.17, 15) is 4.79 Å². The fourth-order valence-corrected chi connectivity index (χ4v) is 3.26. The van der Waals surface area contributed by atoms with Crippen LogP contribution in [0.5, 0.6) is 0 Å². The first-order chi connectivity index (χ1) is 7.69. The van der Waals surface area contributed by atoms with Crippen molar-refractivity contribution in [3.63, 3.8) is 0 Å². The average molecular weight is 239 g/mol. The molecule has 88 valence electrons. The van der Waals surface area contributed by atoms with E-state index in [0.29, 0.717) is 0 Å². The SMILES string of the molecule is CN1CCC(C(=O)NN)(c2cccs2)CC1. The fraction of sp³-hybridized carbons (Fsp3) is 0.545. The number of nitrogens with zero attached hydrogens (tertiary/aromatic N) is 1. The van der Waals surface area contributed by atoms with E-state index >= 15 is 0 Å². The van der Waals surface area contributed by atoms with E-state index in [1.54, 1.807) is 11.3 Å². The molecule has 2 heterocycles. The molecule has 1 aliphatic heterocycles. The quantitative estimate of drug-likeness (QED) is 0.454. The zero-order chi connectivity index (χ0) is 11.6. The van der Waals surface area contributed by atoms with Gasteiger partial charge in [-0.25, -0.2) is 5.84 Å². The van der Waals surface area contributed by atoms with Crippen molar-refractivity contribution in [1.29, 1.82) is 0 Å². The van der Waals surface area contributed by atoms with Crippen LogP contribution in [0.4, 0.5) is 0 Å². The summed E-state index contributed by atoms with van der Waals surface area (Å²) >= 11 is 1.64. The predicted molar refractivity (Wildman–Crippen MR) is 65.1 cm³/mol. The van der Waals surface area contributed by atoms with Crippen LogP contribution in [0.3, 0.4) is 0 Å². The molecule has 0 aliphatic carbocycles. The molecule has 1 aromatic rings. The molecule has 1 saturated heterocycles. The Morgan fingerprint density at radius 1 is 1.56 bits per heavy atom. The number of hydrazine groups is 1. The van der Waals surface area contributed by atoms with Gasteiger partial charge in [0.15, 0.2) is 0 Å². The third-order valence-electron chi connectivity index (χ3n) is 3.40. The monoisotopic (exact) mass is 239 g/mol. The number of thiophene rings is 1. The molecule has 16 heavy (non-hydrogen) atoms. The largest absolute Gasteiger partial charge is 0.306 e. The zero-order valence-electron chi connectivity index (χ0n) is 9.40. The highest BCUT2D eigenvalue weighted by molar-refractivity contribution is 7.10. The minimum Gasteiger partial charge on any atom is -0.306 e. The maximum atomic E-state index is 12.0. The number of carbonyl (C=O) groups excluding carboxylic acids is 1. The first-order valence-corrected chi connectivity index (χ1v) is 6.30. The van der Waals surface area contributed by atoms with Gasteiger partial charge in [-0.2, -0.15) is 0 Å². The van der Waals surface area contributed by atoms with Gasteiger partial charge in [-0.1, -0.05) is 6.07 Å². The summed E-state index contributed by atoms with van der Waals surface area (Å²) < 4.78 is 0. The first-order valence-electron chi connectivity index (χ1n) is 5.42. The Labute approximate surface area is 99.4 Å². The van der Waals surface area contributed by atoms with Crippen LogP contribution in [0, 0.1) is 0 Å². The Balaban J connectivity index is 2.30. The number of hydrogen-bond acceptors (Lipinski definition) is 4. The van der Waals surface area contributed by atoms with Gasteiger partial charge in [0.05, 0.1) is 5.41 Å². The summed E-state index contributed by atoms with van der Waals surface area (Å²) in [6.07, 6.45) is 1.68. The summed E-state index contributed by atoms with van der Waals surface area (Å²) in [5.41, 5.74) is 1.92. The van der Waals surface area contributed by atoms with Gasteiger partial charge in [-0.05, 0) is 44.4 Å². The van der Waals surface area contributed by atoms with Crippen molar-refractivity contribution in [2.45, 2.75) is 18.3 Å². The Hall–Kier alpha value is -0.910. The van der Waals surface area contributed by atoms with Gasteiger partial charge in [0.1, 0.15) is 0 Å². The van der Waals surface area contributed by atoms with E-state index in [0.717, 1.165) is 30.8 Å². The minimum absolute atomic E-state index is 0.0527. The number of hydrogen-bond donors (Lipinski definition) is 2. The number of likely N-dealkylation sites (tertiary alicyclic amines) is 1. The molecule has 1 aliphatic rings. The van der Waals surface area contributed by atoms with Crippen molar-refractivity contribution in [1.82, 2.24) is 10.3 Å². The molecule has 4 nitrogen and oxygen atoms in total. The van der Waals surface area contributed by atoms with Crippen molar-refractivity contribution in [3.05, 3.63) is 22.4 Å². The van der Waals surface area contributed by atoms with Crippen LogP contribution in [0.15, 0.2) is 17.5 Å². The maximum absolute atomic E-state index is 12.0. The number of rotatable bonds is 2. The van der Waals surface area contributed by atoms with Gasteiger partial charge in [0.2, 0.25) is 5.91 Å². The fourth-order valence-electron chi connectivity index (χ4n) is 2.27. The second kappa shape index (κ2) is 4.53. The third kappa shape index (κ3) is 1.86. The minimum atomic E-state index is -0.407. The molecular formula is C11H17N3OS. The molecular weight excluding hydrogens is 222 g/mol. The number of amides is 1. The Morgan fingerprint density at radius 2 is 2.25 bits per heavy atom. The third-order valence-corrected chi connectivity index (χ3v) is 4.47. The van der Waals surface area contributed by atoms with Crippen molar-refractivity contribution >= 4 is 17.2 Å². The van der Waals surface area contributed by atoms with Crippen LogP contribution in [0.1, 0.15) is 17.7 Å². The Kier molecular flexibility index (Phi) is 3.28.